The van der Waals surface area contributed by atoms with Crippen LogP contribution in [-0.2, 0) is 0 Å². The average molecular weight is 781 g/mol. The molecular formula is C55H44N2OS. The van der Waals surface area contributed by atoms with E-state index in [0.29, 0.717) is 17.9 Å². The molecule has 286 valence electrons. The Morgan fingerprint density at radius 2 is 1.56 bits per heavy atom. The molecule has 3 heterocycles. The van der Waals surface area contributed by atoms with Crippen LogP contribution in [0.4, 0.5) is 5.69 Å². The van der Waals surface area contributed by atoms with Gasteiger partial charge in [0.05, 0.1) is 16.4 Å². The lowest BCUT2D eigenvalue weighted by Crippen LogP contribution is -2.40. The Labute approximate surface area is 348 Å². The average Bonchev–Trinajstić information content (AvgIpc) is 3.97. The van der Waals surface area contributed by atoms with Gasteiger partial charge < -0.3 is 13.9 Å². The molecule has 9 aromatic rings. The minimum atomic E-state index is 0.290. The monoisotopic (exact) mass is 780 g/mol. The van der Waals surface area contributed by atoms with Gasteiger partial charge in [-0.2, -0.15) is 0 Å². The second kappa shape index (κ2) is 13.9. The number of hydrogen-bond donors (Lipinski definition) is 0. The Balaban J connectivity index is 1.01. The fourth-order valence-electron chi connectivity index (χ4n) is 10.4. The lowest BCUT2D eigenvalue weighted by atomic mass is 9.81. The van der Waals surface area contributed by atoms with Crippen LogP contribution < -0.4 is 4.90 Å². The molecule has 12 rings (SSSR count). The molecule has 6 aromatic carbocycles. The minimum Gasteiger partial charge on any atom is -0.455 e. The van der Waals surface area contributed by atoms with Gasteiger partial charge in [0.1, 0.15) is 11.2 Å². The van der Waals surface area contributed by atoms with Crippen molar-refractivity contribution in [2.24, 2.45) is 5.92 Å². The summed E-state index contributed by atoms with van der Waals surface area (Å²) in [4.78, 5) is 2.68. The van der Waals surface area contributed by atoms with E-state index < -0.39 is 0 Å². The van der Waals surface area contributed by atoms with E-state index in [0.717, 1.165) is 43.3 Å². The first-order valence-electron chi connectivity index (χ1n) is 21.2. The Bertz CT molecular complexity index is 3290. The topological polar surface area (TPSA) is 21.3 Å². The molecule has 0 fully saturated rings. The third kappa shape index (κ3) is 5.61. The van der Waals surface area contributed by atoms with Crippen molar-refractivity contribution in [1.82, 2.24) is 4.57 Å². The molecule has 0 spiro atoms. The van der Waals surface area contributed by atoms with Gasteiger partial charge in [0.15, 0.2) is 0 Å². The SMILES string of the molecule is CC1CC(c2cccc3c2sc2ccccc23)=CCC1N(C1=CCC(c2ccccc2)C=C1)c1ccc2c3c4oc5ccccc5c4ccc3n(C3=CC=CCC3)c2c1. The van der Waals surface area contributed by atoms with Gasteiger partial charge in [0.2, 0.25) is 0 Å². The molecule has 0 N–H and O–H groups in total. The Morgan fingerprint density at radius 3 is 2.41 bits per heavy atom. The number of allylic oxidation sites excluding steroid dienone is 8. The molecule has 0 radical (unpaired) electrons. The number of aromatic nitrogens is 1. The van der Waals surface area contributed by atoms with Crippen LogP contribution in [-0.4, -0.2) is 10.6 Å². The van der Waals surface area contributed by atoms with Gasteiger partial charge in [-0.25, -0.2) is 0 Å². The number of rotatable bonds is 6. The number of anilines is 1. The van der Waals surface area contributed by atoms with Gasteiger partial charge in [-0.3, -0.25) is 0 Å². The molecule has 3 aliphatic rings. The first-order valence-corrected chi connectivity index (χ1v) is 22.1. The predicted octanol–water partition coefficient (Wildman–Crippen LogP) is 15.6. The summed E-state index contributed by atoms with van der Waals surface area (Å²) in [6.45, 7) is 2.47. The molecule has 3 unspecified atom stereocenters. The summed E-state index contributed by atoms with van der Waals surface area (Å²) in [5, 5.41) is 7.50. The Kier molecular flexibility index (Phi) is 8.16. The quantitative estimate of drug-likeness (QED) is 0.168. The molecule has 3 aromatic heterocycles. The van der Waals surface area contributed by atoms with Crippen molar-refractivity contribution in [3.05, 3.63) is 187 Å². The number of fused-ring (bicyclic) bond motifs is 10. The molecule has 3 nitrogen and oxygen atoms in total. The van der Waals surface area contributed by atoms with E-state index in [2.05, 4.69) is 186 Å². The molecule has 4 heteroatoms. The Hall–Kier alpha value is -6.36. The molecule has 0 saturated carbocycles. The van der Waals surface area contributed by atoms with Crippen LogP contribution in [0.3, 0.4) is 0 Å². The molecular weight excluding hydrogens is 737 g/mol. The molecule has 59 heavy (non-hydrogen) atoms. The molecule has 3 aliphatic carbocycles. The normalized spacial score (nSPS) is 19.6. The summed E-state index contributed by atoms with van der Waals surface area (Å²) in [7, 11) is 0. The summed E-state index contributed by atoms with van der Waals surface area (Å²) < 4.78 is 12.0. The first kappa shape index (κ1) is 34.7. The summed E-state index contributed by atoms with van der Waals surface area (Å²) in [6, 6.07) is 47.3. The van der Waals surface area contributed by atoms with Gasteiger partial charge in [0, 0.05) is 65.4 Å². The van der Waals surface area contributed by atoms with Crippen LogP contribution in [0, 0.1) is 5.92 Å². The van der Waals surface area contributed by atoms with E-state index >= 15 is 0 Å². The standard InChI is InChI=1S/C55H44N2OS/c1-35-33-38(42-19-12-20-46-44-18-9-11-22-52(44)59-55(42)46)25-31-48(35)56(40-26-23-37(24-27-40)36-13-4-2-5-14-36)41-28-29-47-50(34-41)57(39-15-6-3-7-16-39)49-32-30-45-43-17-8-10-21-51(43)58-54(45)53(47)49/h2-6,8-15,17-23,25-30,32,34-35,37,48H,7,16,24,31,33H2,1H3. The highest BCUT2D eigenvalue weighted by molar-refractivity contribution is 7.26. The van der Waals surface area contributed by atoms with Crippen LogP contribution in [0.15, 0.2) is 180 Å². The molecule has 3 atom stereocenters. The van der Waals surface area contributed by atoms with Crippen LogP contribution in [0.5, 0.6) is 0 Å². The zero-order valence-electron chi connectivity index (χ0n) is 33.1. The molecule has 0 amide bonds. The summed E-state index contributed by atoms with van der Waals surface area (Å²) in [6.07, 6.45) is 21.7. The summed E-state index contributed by atoms with van der Waals surface area (Å²) in [5.74, 6) is 0.796. The third-order valence-electron chi connectivity index (χ3n) is 13.3. The third-order valence-corrected chi connectivity index (χ3v) is 14.5. The fourth-order valence-corrected chi connectivity index (χ4v) is 11.7. The van der Waals surface area contributed by atoms with Crippen LogP contribution in [0.2, 0.25) is 0 Å². The van der Waals surface area contributed by atoms with E-state index in [1.165, 1.54) is 86.5 Å². The van der Waals surface area contributed by atoms with E-state index in [1.807, 2.05) is 11.3 Å². The van der Waals surface area contributed by atoms with E-state index in [1.54, 1.807) is 0 Å². The number of thiophene rings is 1. The van der Waals surface area contributed by atoms with Gasteiger partial charge in [-0.1, -0.05) is 122 Å². The van der Waals surface area contributed by atoms with Gasteiger partial charge in [-0.05, 0) is 109 Å². The summed E-state index contributed by atoms with van der Waals surface area (Å²) in [5.41, 5.74) is 12.4. The van der Waals surface area contributed by atoms with Crippen molar-refractivity contribution >= 4 is 92.2 Å². The number of furan rings is 1. The van der Waals surface area contributed by atoms with Crippen LogP contribution in [0.25, 0.3) is 75.2 Å². The number of nitrogens with zero attached hydrogens (tertiary/aromatic N) is 2. The van der Waals surface area contributed by atoms with E-state index in [-0.39, 0.29) is 0 Å². The molecule has 0 bridgehead atoms. The maximum Gasteiger partial charge on any atom is 0.145 e. The van der Waals surface area contributed by atoms with Crippen molar-refractivity contribution in [2.75, 3.05) is 4.90 Å². The largest absolute Gasteiger partial charge is 0.455 e. The minimum absolute atomic E-state index is 0.290. The maximum absolute atomic E-state index is 6.71. The van der Waals surface area contributed by atoms with Gasteiger partial charge in [0.25, 0.3) is 0 Å². The van der Waals surface area contributed by atoms with Crippen molar-refractivity contribution in [2.45, 2.75) is 51.0 Å². The van der Waals surface area contributed by atoms with E-state index in [4.69, 9.17) is 4.42 Å². The number of benzene rings is 6. The number of hydrogen-bond acceptors (Lipinski definition) is 3. The van der Waals surface area contributed by atoms with E-state index in [9.17, 15) is 0 Å². The van der Waals surface area contributed by atoms with Crippen molar-refractivity contribution in [1.29, 1.82) is 0 Å². The smallest absolute Gasteiger partial charge is 0.145 e. The zero-order chi connectivity index (χ0) is 39.0. The molecule has 0 aliphatic heterocycles. The maximum atomic E-state index is 6.71. The second-order valence-corrected chi connectivity index (χ2v) is 17.8. The van der Waals surface area contributed by atoms with Crippen molar-refractivity contribution in [3.63, 3.8) is 0 Å². The highest BCUT2D eigenvalue weighted by Gasteiger charge is 2.32. The molecule has 0 saturated heterocycles. The Morgan fingerprint density at radius 1 is 0.729 bits per heavy atom. The highest BCUT2D eigenvalue weighted by atomic mass is 32.1. The highest BCUT2D eigenvalue weighted by Crippen LogP contribution is 2.46. The van der Waals surface area contributed by atoms with Gasteiger partial charge >= 0.3 is 0 Å². The van der Waals surface area contributed by atoms with Crippen molar-refractivity contribution in [3.8, 4) is 0 Å². The van der Waals surface area contributed by atoms with Crippen LogP contribution in [0.1, 0.15) is 56.1 Å². The lowest BCUT2D eigenvalue weighted by molar-refractivity contribution is 0.439. The van der Waals surface area contributed by atoms with Crippen LogP contribution >= 0.6 is 11.3 Å². The number of para-hydroxylation sites is 1. The summed E-state index contributed by atoms with van der Waals surface area (Å²) >= 11 is 1.94. The fraction of sp³-hybridized carbons (Fsp3) is 0.164. The second-order valence-electron chi connectivity index (χ2n) is 16.7. The first-order chi connectivity index (χ1) is 29.2. The van der Waals surface area contributed by atoms with Crippen molar-refractivity contribution < 1.29 is 4.42 Å². The lowest BCUT2D eigenvalue weighted by Gasteiger charge is -2.41. The van der Waals surface area contributed by atoms with Gasteiger partial charge in [-0.15, -0.1) is 11.3 Å². The zero-order valence-corrected chi connectivity index (χ0v) is 34.0. The predicted molar refractivity (Wildman–Crippen MR) is 252 cm³/mol.